The van der Waals surface area contributed by atoms with E-state index in [4.69, 9.17) is 0 Å². The van der Waals surface area contributed by atoms with E-state index in [2.05, 4.69) is 36.6 Å². The number of benzene rings is 2. The molecule has 0 aromatic heterocycles. The third-order valence-corrected chi connectivity index (χ3v) is 5.05. The Morgan fingerprint density at radius 2 is 1.45 bits per heavy atom. The van der Waals surface area contributed by atoms with Crippen molar-refractivity contribution in [2.24, 2.45) is 5.92 Å². The van der Waals surface area contributed by atoms with Crippen LogP contribution in [0.3, 0.4) is 0 Å². The molecule has 2 aromatic rings. The molecule has 0 radical (unpaired) electrons. The van der Waals surface area contributed by atoms with Gasteiger partial charge in [-0.25, -0.2) is 0 Å². The number of carbonyl (C=O) groups excluding carboxylic acids is 2. The molecule has 0 heterocycles. The second-order valence-electron chi connectivity index (χ2n) is 8.33. The van der Waals surface area contributed by atoms with Crippen LogP contribution in [0.1, 0.15) is 64.0 Å². The van der Waals surface area contributed by atoms with Gasteiger partial charge in [-0.05, 0) is 54.9 Å². The standard InChI is InChI=1S/C25H34N2O2/c1-18(2)22-12-14-23(15-13-22)27-25(29)17-19(3)16-24(28)26-20(4)10-11-21-8-6-5-7-9-21/h5-9,12-15,18-20H,10-11,16-17H2,1-4H3,(H,26,28)(H,27,29)/t19-,20-/m0/s1. The Morgan fingerprint density at radius 3 is 2.07 bits per heavy atom. The van der Waals surface area contributed by atoms with Gasteiger partial charge in [-0.3, -0.25) is 9.59 Å². The Balaban J connectivity index is 1.69. The summed E-state index contributed by atoms with van der Waals surface area (Å²) in [6.45, 7) is 8.25. The van der Waals surface area contributed by atoms with E-state index in [1.807, 2.05) is 56.3 Å². The fourth-order valence-corrected chi connectivity index (χ4v) is 3.30. The average Bonchev–Trinajstić information content (AvgIpc) is 2.67. The molecule has 4 heteroatoms. The number of hydrogen-bond acceptors (Lipinski definition) is 2. The van der Waals surface area contributed by atoms with Crippen molar-refractivity contribution in [3.63, 3.8) is 0 Å². The summed E-state index contributed by atoms with van der Waals surface area (Å²) in [7, 11) is 0. The monoisotopic (exact) mass is 394 g/mol. The van der Waals surface area contributed by atoms with Gasteiger partial charge < -0.3 is 10.6 Å². The lowest BCUT2D eigenvalue weighted by Crippen LogP contribution is -2.34. The van der Waals surface area contributed by atoms with Gasteiger partial charge in [-0.2, -0.15) is 0 Å². The number of nitrogens with one attached hydrogen (secondary N) is 2. The molecule has 2 rings (SSSR count). The molecule has 0 unspecified atom stereocenters. The fraction of sp³-hybridized carbons (Fsp3) is 0.440. The average molecular weight is 395 g/mol. The van der Waals surface area contributed by atoms with Crippen LogP contribution in [0.5, 0.6) is 0 Å². The minimum Gasteiger partial charge on any atom is -0.354 e. The molecular weight excluding hydrogens is 360 g/mol. The van der Waals surface area contributed by atoms with E-state index < -0.39 is 0 Å². The summed E-state index contributed by atoms with van der Waals surface area (Å²) in [5.41, 5.74) is 3.32. The first kappa shape index (κ1) is 22.7. The molecule has 0 spiro atoms. The van der Waals surface area contributed by atoms with Crippen LogP contribution in [-0.2, 0) is 16.0 Å². The van der Waals surface area contributed by atoms with Gasteiger partial charge in [0.25, 0.3) is 0 Å². The summed E-state index contributed by atoms with van der Waals surface area (Å²) < 4.78 is 0. The number of hydrogen-bond donors (Lipinski definition) is 2. The Hall–Kier alpha value is -2.62. The topological polar surface area (TPSA) is 58.2 Å². The maximum Gasteiger partial charge on any atom is 0.224 e. The van der Waals surface area contributed by atoms with Crippen molar-refractivity contribution in [1.29, 1.82) is 0 Å². The van der Waals surface area contributed by atoms with Crippen LogP contribution >= 0.6 is 0 Å². The highest BCUT2D eigenvalue weighted by molar-refractivity contribution is 5.91. The minimum absolute atomic E-state index is 0.00662. The minimum atomic E-state index is -0.0558. The van der Waals surface area contributed by atoms with E-state index in [-0.39, 0.29) is 23.8 Å². The van der Waals surface area contributed by atoms with Crippen LogP contribution in [0.25, 0.3) is 0 Å². The number of rotatable bonds is 10. The first-order chi connectivity index (χ1) is 13.8. The van der Waals surface area contributed by atoms with Crippen molar-refractivity contribution in [3.05, 3.63) is 65.7 Å². The molecule has 0 aliphatic heterocycles. The van der Waals surface area contributed by atoms with Crippen LogP contribution in [0, 0.1) is 5.92 Å². The zero-order chi connectivity index (χ0) is 21.2. The third kappa shape index (κ3) is 8.51. The van der Waals surface area contributed by atoms with Crippen molar-refractivity contribution in [2.75, 3.05) is 5.32 Å². The van der Waals surface area contributed by atoms with Gasteiger partial charge in [0, 0.05) is 24.6 Å². The van der Waals surface area contributed by atoms with Gasteiger partial charge in [0.1, 0.15) is 0 Å². The van der Waals surface area contributed by atoms with Crippen LogP contribution in [0.2, 0.25) is 0 Å². The third-order valence-electron chi connectivity index (χ3n) is 5.05. The zero-order valence-corrected chi connectivity index (χ0v) is 18.1. The summed E-state index contributed by atoms with van der Waals surface area (Å²) in [6.07, 6.45) is 2.53. The highest BCUT2D eigenvalue weighted by Crippen LogP contribution is 2.18. The van der Waals surface area contributed by atoms with Gasteiger partial charge in [0.05, 0.1) is 0 Å². The van der Waals surface area contributed by atoms with Crippen LogP contribution in [0.4, 0.5) is 5.69 Å². The van der Waals surface area contributed by atoms with Crippen molar-refractivity contribution in [3.8, 4) is 0 Å². The molecule has 0 aliphatic carbocycles. The predicted octanol–water partition coefficient (Wildman–Crippen LogP) is 5.30. The molecule has 29 heavy (non-hydrogen) atoms. The lowest BCUT2D eigenvalue weighted by molar-refractivity contribution is -0.123. The molecule has 4 nitrogen and oxygen atoms in total. The summed E-state index contributed by atoms with van der Waals surface area (Å²) >= 11 is 0. The van der Waals surface area contributed by atoms with E-state index in [1.165, 1.54) is 11.1 Å². The molecule has 2 atom stereocenters. The highest BCUT2D eigenvalue weighted by Gasteiger charge is 2.15. The van der Waals surface area contributed by atoms with Crippen LogP contribution in [0.15, 0.2) is 54.6 Å². The highest BCUT2D eigenvalue weighted by atomic mass is 16.2. The lowest BCUT2D eigenvalue weighted by Gasteiger charge is -2.16. The lowest BCUT2D eigenvalue weighted by atomic mass is 10.0. The number of carbonyl (C=O) groups is 2. The summed E-state index contributed by atoms with van der Waals surface area (Å²) in [6, 6.07) is 18.3. The quantitative estimate of drug-likeness (QED) is 0.574. The fourth-order valence-electron chi connectivity index (χ4n) is 3.30. The molecule has 0 bridgehead atoms. The van der Waals surface area contributed by atoms with Crippen LogP contribution < -0.4 is 10.6 Å². The van der Waals surface area contributed by atoms with E-state index in [0.717, 1.165) is 18.5 Å². The predicted molar refractivity (Wildman–Crippen MR) is 120 cm³/mol. The summed E-state index contributed by atoms with van der Waals surface area (Å²) in [5, 5.41) is 5.97. The summed E-state index contributed by atoms with van der Waals surface area (Å²) in [5.74, 6) is 0.409. The molecule has 156 valence electrons. The van der Waals surface area contributed by atoms with Crippen molar-refractivity contribution >= 4 is 17.5 Å². The molecule has 2 N–H and O–H groups in total. The normalized spacial score (nSPS) is 13.0. The molecule has 0 saturated heterocycles. The first-order valence-corrected chi connectivity index (χ1v) is 10.6. The number of anilines is 1. The largest absolute Gasteiger partial charge is 0.354 e. The Morgan fingerprint density at radius 1 is 0.828 bits per heavy atom. The molecular formula is C25H34N2O2. The van der Waals surface area contributed by atoms with E-state index in [1.54, 1.807) is 0 Å². The van der Waals surface area contributed by atoms with E-state index in [9.17, 15) is 9.59 Å². The maximum absolute atomic E-state index is 12.3. The molecule has 0 fully saturated rings. The maximum atomic E-state index is 12.3. The van der Waals surface area contributed by atoms with Crippen molar-refractivity contribution in [1.82, 2.24) is 5.32 Å². The molecule has 0 saturated carbocycles. The van der Waals surface area contributed by atoms with Crippen LogP contribution in [-0.4, -0.2) is 17.9 Å². The summed E-state index contributed by atoms with van der Waals surface area (Å²) in [4.78, 5) is 24.5. The molecule has 2 amide bonds. The van der Waals surface area contributed by atoms with Gasteiger partial charge >= 0.3 is 0 Å². The van der Waals surface area contributed by atoms with Crippen molar-refractivity contribution < 1.29 is 9.59 Å². The zero-order valence-electron chi connectivity index (χ0n) is 18.1. The Bertz CT molecular complexity index is 769. The van der Waals surface area contributed by atoms with Gasteiger partial charge in [0.2, 0.25) is 11.8 Å². The van der Waals surface area contributed by atoms with Gasteiger partial charge in [-0.1, -0.05) is 63.2 Å². The van der Waals surface area contributed by atoms with E-state index >= 15 is 0 Å². The van der Waals surface area contributed by atoms with Gasteiger partial charge in [-0.15, -0.1) is 0 Å². The number of aryl methyl sites for hydroxylation is 1. The van der Waals surface area contributed by atoms with Gasteiger partial charge in [0.15, 0.2) is 0 Å². The SMILES string of the molecule is CC(C)c1ccc(NC(=O)C[C@@H](C)CC(=O)N[C@@H](C)CCc2ccccc2)cc1. The molecule has 0 aliphatic rings. The van der Waals surface area contributed by atoms with Crippen molar-refractivity contribution in [2.45, 2.75) is 65.3 Å². The Kier molecular flexibility index (Phi) is 8.91. The first-order valence-electron chi connectivity index (χ1n) is 10.6. The second-order valence-corrected chi connectivity index (χ2v) is 8.33. The second kappa shape index (κ2) is 11.4. The number of amides is 2. The smallest absolute Gasteiger partial charge is 0.224 e. The van der Waals surface area contributed by atoms with E-state index in [0.29, 0.717) is 18.8 Å². The Labute approximate surface area is 175 Å². The molecule has 2 aromatic carbocycles.